The van der Waals surface area contributed by atoms with Crippen molar-refractivity contribution in [3.05, 3.63) is 43.7 Å². The molecule has 0 saturated carbocycles. The maximum Gasteiger partial charge on any atom is 0.304 e. The number of nitrogens with one attached hydrogen (secondary N) is 1. The number of thiazole rings is 1. The molecule has 5 atom stereocenters. The predicted molar refractivity (Wildman–Crippen MR) is 142 cm³/mol. The third-order valence-electron chi connectivity index (χ3n) is 5.45. The quantitative estimate of drug-likeness (QED) is 0.276. The summed E-state index contributed by atoms with van der Waals surface area (Å²) >= 11 is 5.32. The largest absolute Gasteiger partial charge is 0.463 e. The molecule has 14 nitrogen and oxygen atoms in total. The summed E-state index contributed by atoms with van der Waals surface area (Å²) in [7, 11) is 0. The maximum atomic E-state index is 12.3. The van der Waals surface area contributed by atoms with Crippen molar-refractivity contribution >= 4 is 56.9 Å². The average molecular weight is 653 g/mol. The highest BCUT2D eigenvalue weighted by Gasteiger charge is 2.52. The first-order valence-electron chi connectivity index (χ1n) is 11.5. The molecule has 1 fully saturated rings. The molecule has 1 aliphatic heterocycles. The van der Waals surface area contributed by atoms with E-state index in [-0.39, 0.29) is 17.2 Å². The molecule has 3 aromatic rings. The van der Waals surface area contributed by atoms with Gasteiger partial charge < -0.3 is 23.9 Å². The van der Waals surface area contributed by atoms with Gasteiger partial charge >= 0.3 is 22.8 Å². The Morgan fingerprint density at radius 1 is 1.23 bits per heavy atom. The van der Waals surface area contributed by atoms with Crippen molar-refractivity contribution < 1.29 is 33.3 Å². The zero-order valence-corrected chi connectivity index (χ0v) is 24.3. The Bertz CT molecular complexity index is 1520. The van der Waals surface area contributed by atoms with Gasteiger partial charge in [0.25, 0.3) is 0 Å². The van der Waals surface area contributed by atoms with Crippen molar-refractivity contribution in [2.75, 3.05) is 6.61 Å². The van der Waals surface area contributed by atoms with E-state index >= 15 is 0 Å². The van der Waals surface area contributed by atoms with Crippen LogP contribution in [0.4, 0.5) is 0 Å². The number of nitrogens with zero attached hydrogens (tertiary/aromatic N) is 5. The summed E-state index contributed by atoms with van der Waals surface area (Å²) in [5.74, 6) is -1.94. The van der Waals surface area contributed by atoms with Crippen molar-refractivity contribution in [1.82, 2.24) is 25.0 Å². The van der Waals surface area contributed by atoms with Gasteiger partial charge in [-0.05, 0) is 22.0 Å². The van der Waals surface area contributed by atoms with Crippen molar-refractivity contribution in [3.8, 4) is 17.5 Å². The zero-order valence-electron chi connectivity index (χ0n) is 21.1. The van der Waals surface area contributed by atoms with Gasteiger partial charge in [-0.2, -0.15) is 5.26 Å². The summed E-state index contributed by atoms with van der Waals surface area (Å²) in [6, 6.07) is 2.63. The number of carbonyl (C=O) groups excluding carboxylic acids is 3. The van der Waals surface area contributed by atoms with E-state index in [4.69, 9.17) is 18.9 Å². The molecule has 210 valence electrons. The van der Waals surface area contributed by atoms with Crippen LogP contribution >= 0.6 is 39.0 Å². The monoisotopic (exact) mass is 652 g/mol. The fourth-order valence-corrected chi connectivity index (χ4v) is 6.21. The van der Waals surface area contributed by atoms with Gasteiger partial charge in [-0.25, -0.2) is 9.67 Å². The number of H-pyrrole nitrogens is 1. The van der Waals surface area contributed by atoms with Crippen LogP contribution in [0.1, 0.15) is 32.5 Å². The molecular formula is C23H21BrN6O8S2. The van der Waals surface area contributed by atoms with Crippen LogP contribution in [0.3, 0.4) is 0 Å². The van der Waals surface area contributed by atoms with E-state index in [1.807, 2.05) is 6.07 Å². The number of hydrogen-bond acceptors (Lipinski definition) is 14. The molecule has 2 unspecified atom stereocenters. The van der Waals surface area contributed by atoms with Crippen LogP contribution in [0, 0.1) is 11.3 Å². The first-order chi connectivity index (χ1) is 19.0. The number of rotatable bonds is 8. The summed E-state index contributed by atoms with van der Waals surface area (Å²) in [6.45, 7) is 3.30. The summed E-state index contributed by atoms with van der Waals surface area (Å²) in [6.07, 6.45) is -0.399. The normalized spacial score (nSPS) is 22.2. The number of thioether (sulfide) groups is 1. The fraction of sp³-hybridized carbons (Fsp3) is 0.391. The summed E-state index contributed by atoms with van der Waals surface area (Å²) in [4.78, 5) is 54.7. The minimum absolute atomic E-state index is 0.0954. The highest BCUT2D eigenvalue weighted by atomic mass is 79.9. The molecule has 0 radical (unpaired) electrons. The predicted octanol–water partition coefficient (Wildman–Crippen LogP) is 2.21. The Morgan fingerprint density at radius 2 is 1.95 bits per heavy atom. The van der Waals surface area contributed by atoms with Gasteiger partial charge in [0, 0.05) is 41.7 Å². The molecule has 4 rings (SSSR count). The molecule has 0 amide bonds. The first kappa shape index (κ1) is 29.4. The lowest BCUT2D eigenvalue weighted by atomic mass is 9.96. The Hall–Kier alpha value is -3.59. The van der Waals surface area contributed by atoms with Crippen LogP contribution in [0.5, 0.6) is 0 Å². The van der Waals surface area contributed by atoms with Crippen LogP contribution in [-0.4, -0.2) is 73.2 Å². The van der Waals surface area contributed by atoms with Crippen LogP contribution in [0.2, 0.25) is 0 Å². The summed E-state index contributed by atoms with van der Waals surface area (Å²) < 4.78 is 24.7. The van der Waals surface area contributed by atoms with Crippen molar-refractivity contribution in [2.24, 2.45) is 0 Å². The standard InChI is InChI=1S/C23H21BrN6O8S2/c1-10(31)35-8-17-20(36-11(2)32)19(30-7-15(28-29-30)16-9-39-23(34)27-16)21(37-12(3)33)22(38-17)40-18-4-13(24)6-26-14(18)5-25/h4,6-7,9,17,19-22H,8H2,1-3H3,(H,27,34)/t17?,19?,20-,21-,22+/m0/s1. The molecule has 1 N–H and O–H groups in total. The third kappa shape index (κ3) is 6.94. The van der Waals surface area contributed by atoms with Gasteiger partial charge in [-0.15, -0.1) is 5.10 Å². The Labute approximate surface area is 243 Å². The number of aromatic amines is 1. The highest BCUT2D eigenvalue weighted by molar-refractivity contribution is 9.10. The van der Waals surface area contributed by atoms with Crippen molar-refractivity contribution in [2.45, 2.75) is 55.5 Å². The molecule has 0 spiro atoms. The number of pyridine rings is 1. The molecule has 40 heavy (non-hydrogen) atoms. The zero-order chi connectivity index (χ0) is 29.0. The molecular weight excluding hydrogens is 632 g/mol. The lowest BCUT2D eigenvalue weighted by molar-refractivity contribution is -0.212. The van der Waals surface area contributed by atoms with Gasteiger partial charge in [-0.3, -0.25) is 19.2 Å². The number of halogens is 1. The maximum absolute atomic E-state index is 12.3. The summed E-state index contributed by atoms with van der Waals surface area (Å²) in [5.41, 5.74) is -0.213. The van der Waals surface area contributed by atoms with Crippen LogP contribution < -0.4 is 4.87 Å². The lowest BCUT2D eigenvalue weighted by Gasteiger charge is -2.44. The molecule has 0 aromatic carbocycles. The van der Waals surface area contributed by atoms with Crippen LogP contribution in [0.25, 0.3) is 11.4 Å². The Balaban J connectivity index is 1.83. The lowest BCUT2D eigenvalue weighted by Crippen LogP contribution is -2.57. The number of carbonyl (C=O) groups is 3. The Morgan fingerprint density at radius 3 is 2.58 bits per heavy atom. The average Bonchev–Trinajstić information content (AvgIpc) is 3.53. The Kier molecular flexibility index (Phi) is 9.35. The highest BCUT2D eigenvalue weighted by Crippen LogP contribution is 2.42. The number of nitriles is 1. The van der Waals surface area contributed by atoms with Crippen LogP contribution in [0.15, 0.2) is 38.0 Å². The molecule has 3 aromatic heterocycles. The number of esters is 3. The van der Waals surface area contributed by atoms with Gasteiger partial charge in [0.15, 0.2) is 17.9 Å². The van der Waals surface area contributed by atoms with E-state index in [1.165, 1.54) is 37.8 Å². The van der Waals surface area contributed by atoms with E-state index in [1.54, 1.807) is 11.4 Å². The van der Waals surface area contributed by atoms with Gasteiger partial charge in [0.2, 0.25) is 0 Å². The molecule has 0 aliphatic carbocycles. The third-order valence-corrected chi connectivity index (χ3v) is 7.73. The fourth-order valence-electron chi connectivity index (χ4n) is 3.95. The second-order valence-corrected chi connectivity index (χ2v) is 11.3. The second kappa shape index (κ2) is 12.7. The van der Waals surface area contributed by atoms with E-state index in [9.17, 15) is 24.4 Å². The van der Waals surface area contributed by atoms with E-state index in [2.05, 4.69) is 36.2 Å². The first-order valence-corrected chi connectivity index (χ1v) is 14.1. The smallest absolute Gasteiger partial charge is 0.304 e. The van der Waals surface area contributed by atoms with Crippen molar-refractivity contribution in [1.29, 1.82) is 5.26 Å². The number of aromatic nitrogens is 5. The van der Waals surface area contributed by atoms with E-state index < -0.39 is 47.7 Å². The number of hydrogen-bond donors (Lipinski definition) is 1. The SMILES string of the molecule is CC(=O)OCC1O[C@H](Sc2cc(Br)cnc2C#N)[C@@H](OC(C)=O)C(n2cc(-c3csc(=O)[nH]3)nn2)[C@H]1OC(C)=O. The van der Waals surface area contributed by atoms with E-state index in [0.717, 1.165) is 23.1 Å². The molecule has 0 bridgehead atoms. The number of ether oxygens (including phenoxy) is 4. The molecule has 4 heterocycles. The minimum atomic E-state index is -1.16. The van der Waals surface area contributed by atoms with Crippen molar-refractivity contribution in [3.63, 3.8) is 0 Å². The van der Waals surface area contributed by atoms with Gasteiger partial charge in [-0.1, -0.05) is 28.3 Å². The van der Waals surface area contributed by atoms with Crippen LogP contribution in [-0.2, 0) is 33.3 Å². The molecule has 1 saturated heterocycles. The molecule has 1 aliphatic rings. The summed E-state index contributed by atoms with van der Waals surface area (Å²) in [5, 5.41) is 19.5. The topological polar surface area (TPSA) is 188 Å². The van der Waals surface area contributed by atoms with E-state index in [0.29, 0.717) is 20.8 Å². The van der Waals surface area contributed by atoms with Gasteiger partial charge in [0.1, 0.15) is 36.0 Å². The second-order valence-electron chi connectivity index (χ2n) is 8.36. The van der Waals surface area contributed by atoms with Gasteiger partial charge in [0.05, 0.1) is 11.9 Å². The minimum Gasteiger partial charge on any atom is -0.463 e. The molecule has 17 heteroatoms.